The number of unbranched alkanes of at least 4 members (excludes halogenated alkanes) is 2. The summed E-state index contributed by atoms with van der Waals surface area (Å²) < 4.78 is 49.3. The van der Waals surface area contributed by atoms with Crippen LogP contribution in [0, 0.1) is 17.7 Å². The summed E-state index contributed by atoms with van der Waals surface area (Å²) in [5.41, 5.74) is 0.686. The van der Waals surface area contributed by atoms with Crippen LogP contribution < -0.4 is 4.74 Å². The predicted octanol–water partition coefficient (Wildman–Crippen LogP) is 8.85. The molecule has 0 radical (unpaired) electrons. The van der Waals surface area contributed by atoms with Crippen molar-refractivity contribution < 1.29 is 17.9 Å². The maximum atomic E-state index is 14.8. The first-order valence-corrected chi connectivity index (χ1v) is 11.8. The Morgan fingerprint density at radius 3 is 2.52 bits per heavy atom. The Hall–Kier alpha value is -1.97. The van der Waals surface area contributed by atoms with Gasteiger partial charge in [-0.2, -0.15) is 8.78 Å². The Morgan fingerprint density at radius 1 is 1.03 bits per heavy atom. The zero-order valence-electron chi connectivity index (χ0n) is 18.8. The van der Waals surface area contributed by atoms with Gasteiger partial charge in [0.1, 0.15) is 11.6 Å². The minimum Gasteiger partial charge on any atom is -0.432 e. The first-order chi connectivity index (χ1) is 14.9. The van der Waals surface area contributed by atoms with Gasteiger partial charge in [0.05, 0.1) is 5.92 Å². The number of halogens is 3. The van der Waals surface area contributed by atoms with E-state index in [2.05, 4.69) is 13.0 Å². The Kier molecular flexibility index (Phi) is 8.45. The van der Waals surface area contributed by atoms with Crippen LogP contribution in [0.4, 0.5) is 13.2 Å². The van der Waals surface area contributed by atoms with Gasteiger partial charge in [0.15, 0.2) is 0 Å². The van der Waals surface area contributed by atoms with Gasteiger partial charge in [-0.25, -0.2) is 4.39 Å². The highest BCUT2D eigenvalue weighted by atomic mass is 19.3. The number of hydrogen-bond donors (Lipinski definition) is 0. The molecule has 1 nitrogen and oxygen atoms in total. The van der Waals surface area contributed by atoms with Crippen LogP contribution in [-0.2, 0) is 6.42 Å². The molecule has 2 aromatic rings. The van der Waals surface area contributed by atoms with Gasteiger partial charge < -0.3 is 4.74 Å². The molecule has 0 aromatic heterocycles. The van der Waals surface area contributed by atoms with Gasteiger partial charge in [-0.3, -0.25) is 0 Å². The lowest BCUT2D eigenvalue weighted by molar-refractivity contribution is -0.223. The molecule has 0 aliphatic heterocycles. The molecule has 0 atom stereocenters. The molecule has 0 saturated heterocycles. The summed E-state index contributed by atoms with van der Waals surface area (Å²) in [6.07, 6.45) is 9.47. The van der Waals surface area contributed by atoms with Gasteiger partial charge >= 0.3 is 6.11 Å². The summed E-state index contributed by atoms with van der Waals surface area (Å²) in [5.74, 6) is -0.410. The topological polar surface area (TPSA) is 9.23 Å². The van der Waals surface area contributed by atoms with E-state index in [0.717, 1.165) is 50.3 Å². The highest BCUT2D eigenvalue weighted by Gasteiger charge is 2.43. The van der Waals surface area contributed by atoms with Gasteiger partial charge in [-0.15, -0.1) is 0 Å². The largest absolute Gasteiger partial charge is 0.432 e. The van der Waals surface area contributed by atoms with E-state index < -0.39 is 12.0 Å². The van der Waals surface area contributed by atoms with Crippen LogP contribution in [0.15, 0.2) is 42.5 Å². The minimum absolute atomic E-state index is 0.103. The third-order valence-electron chi connectivity index (χ3n) is 6.58. The molecule has 1 fully saturated rings. The second-order valence-electron chi connectivity index (χ2n) is 8.94. The van der Waals surface area contributed by atoms with E-state index in [-0.39, 0.29) is 11.6 Å². The maximum absolute atomic E-state index is 14.8. The highest BCUT2D eigenvalue weighted by Crippen LogP contribution is 2.41. The van der Waals surface area contributed by atoms with E-state index in [9.17, 15) is 13.2 Å². The van der Waals surface area contributed by atoms with E-state index in [1.54, 1.807) is 12.1 Å². The van der Waals surface area contributed by atoms with Crippen molar-refractivity contribution in [2.45, 2.75) is 84.2 Å². The van der Waals surface area contributed by atoms with E-state index >= 15 is 0 Å². The zero-order valence-corrected chi connectivity index (χ0v) is 18.8. The van der Waals surface area contributed by atoms with Crippen molar-refractivity contribution in [1.82, 2.24) is 0 Å². The zero-order chi connectivity index (χ0) is 22.3. The van der Waals surface area contributed by atoms with Gasteiger partial charge in [0, 0.05) is 0 Å². The lowest BCUT2D eigenvalue weighted by Crippen LogP contribution is -2.37. The third kappa shape index (κ3) is 6.51. The maximum Gasteiger partial charge on any atom is 0.400 e. The van der Waals surface area contributed by atoms with Crippen molar-refractivity contribution >= 4 is 10.8 Å². The number of fused-ring (bicyclic) bond motifs is 1. The predicted molar refractivity (Wildman–Crippen MR) is 122 cm³/mol. The quantitative estimate of drug-likeness (QED) is 0.269. The van der Waals surface area contributed by atoms with Crippen LogP contribution >= 0.6 is 0 Å². The standard InChI is InChI=1S/C27H35F3O/c1-3-5-7-9-20-11-14-24(15-12-20)27(29,30)31-25-16-13-21-17-22(10-8-6-4-2)26(28)19-23(21)18-25/h3,5,13,16-20,24H,4,6-12,14-15H2,1-2H3/b5-3+. The summed E-state index contributed by atoms with van der Waals surface area (Å²) in [7, 11) is 0. The first-order valence-electron chi connectivity index (χ1n) is 11.8. The van der Waals surface area contributed by atoms with E-state index in [0.29, 0.717) is 36.1 Å². The van der Waals surface area contributed by atoms with Crippen molar-refractivity contribution in [3.63, 3.8) is 0 Å². The number of hydrogen-bond acceptors (Lipinski definition) is 1. The van der Waals surface area contributed by atoms with Crippen molar-refractivity contribution in [2.75, 3.05) is 0 Å². The molecule has 0 amide bonds. The molecule has 2 aromatic carbocycles. The fraction of sp³-hybridized carbons (Fsp3) is 0.556. The van der Waals surface area contributed by atoms with Gasteiger partial charge in [-0.1, -0.05) is 38.0 Å². The molecule has 0 spiro atoms. The molecule has 3 rings (SSSR count). The van der Waals surface area contributed by atoms with Crippen molar-refractivity contribution in [3.8, 4) is 5.75 Å². The average Bonchev–Trinajstić information content (AvgIpc) is 2.75. The summed E-state index contributed by atoms with van der Waals surface area (Å²) >= 11 is 0. The Bertz CT molecular complexity index is 866. The number of aryl methyl sites for hydroxylation is 1. The normalized spacial score (nSPS) is 19.9. The Labute approximate surface area is 184 Å². The molecule has 0 unspecified atom stereocenters. The van der Waals surface area contributed by atoms with E-state index in [4.69, 9.17) is 4.74 Å². The fourth-order valence-electron chi connectivity index (χ4n) is 4.64. The summed E-state index contributed by atoms with van der Waals surface area (Å²) in [4.78, 5) is 0. The van der Waals surface area contributed by atoms with Crippen LogP contribution in [0.5, 0.6) is 5.75 Å². The molecule has 0 bridgehead atoms. The third-order valence-corrected chi connectivity index (χ3v) is 6.58. The van der Waals surface area contributed by atoms with Gasteiger partial charge in [-0.05, 0) is 105 Å². The second kappa shape index (κ2) is 11.1. The molecular formula is C27H35F3O. The molecule has 0 N–H and O–H groups in total. The van der Waals surface area contributed by atoms with Crippen LogP contribution in [0.1, 0.15) is 77.2 Å². The van der Waals surface area contributed by atoms with Gasteiger partial charge in [0.25, 0.3) is 0 Å². The molecule has 4 heteroatoms. The number of benzene rings is 2. The highest BCUT2D eigenvalue weighted by molar-refractivity contribution is 5.84. The lowest BCUT2D eigenvalue weighted by Gasteiger charge is -2.33. The monoisotopic (exact) mass is 432 g/mol. The smallest absolute Gasteiger partial charge is 0.400 e. The number of ether oxygens (including phenoxy) is 1. The van der Waals surface area contributed by atoms with Crippen molar-refractivity contribution in [2.24, 2.45) is 11.8 Å². The van der Waals surface area contributed by atoms with Crippen LogP contribution in [0.3, 0.4) is 0 Å². The Morgan fingerprint density at radius 2 is 1.81 bits per heavy atom. The molecule has 1 saturated carbocycles. The Balaban J connectivity index is 1.63. The minimum atomic E-state index is -3.21. The fourth-order valence-corrected chi connectivity index (χ4v) is 4.64. The number of alkyl halides is 2. The number of rotatable bonds is 10. The molecule has 1 aliphatic carbocycles. The molecule has 170 valence electrons. The van der Waals surface area contributed by atoms with E-state index in [1.807, 2.05) is 19.1 Å². The van der Waals surface area contributed by atoms with Crippen LogP contribution in [0.2, 0.25) is 0 Å². The SMILES string of the molecule is C/C=C/CCC1CCC(C(F)(F)Oc2ccc3cc(CCCCC)c(F)cc3c2)CC1. The van der Waals surface area contributed by atoms with Crippen molar-refractivity contribution in [3.05, 3.63) is 53.9 Å². The second-order valence-corrected chi connectivity index (χ2v) is 8.94. The van der Waals surface area contributed by atoms with Crippen molar-refractivity contribution in [1.29, 1.82) is 0 Å². The first kappa shape index (κ1) is 23.7. The molecule has 1 aliphatic rings. The number of allylic oxidation sites excluding steroid dienone is 2. The molecule has 0 heterocycles. The van der Waals surface area contributed by atoms with Gasteiger partial charge in [0.2, 0.25) is 0 Å². The molecular weight excluding hydrogens is 397 g/mol. The van der Waals surface area contributed by atoms with Crippen LogP contribution in [-0.4, -0.2) is 6.11 Å². The van der Waals surface area contributed by atoms with Crippen LogP contribution in [0.25, 0.3) is 10.8 Å². The average molecular weight is 433 g/mol. The molecule has 31 heavy (non-hydrogen) atoms. The summed E-state index contributed by atoms with van der Waals surface area (Å²) in [6, 6.07) is 8.13. The van der Waals surface area contributed by atoms with E-state index in [1.165, 1.54) is 12.1 Å². The summed E-state index contributed by atoms with van der Waals surface area (Å²) in [6.45, 7) is 4.12. The summed E-state index contributed by atoms with van der Waals surface area (Å²) in [5, 5.41) is 1.45. The lowest BCUT2D eigenvalue weighted by atomic mass is 9.79.